The minimum Gasteiger partial charge on any atom is -0.478 e. The van der Waals surface area contributed by atoms with Gasteiger partial charge in [-0.15, -0.1) is 0 Å². The van der Waals surface area contributed by atoms with Crippen LogP contribution in [-0.4, -0.2) is 32.3 Å². The van der Waals surface area contributed by atoms with Gasteiger partial charge in [-0.25, -0.2) is 9.78 Å². The second-order valence-corrected chi connectivity index (χ2v) is 5.58. The van der Waals surface area contributed by atoms with Crippen LogP contribution in [0.1, 0.15) is 38.1 Å². The number of nitrogens with zero attached hydrogens (tertiary/aromatic N) is 1. The molecule has 0 unspecified atom stereocenters. The van der Waals surface area contributed by atoms with Crippen LogP contribution < -0.4 is 5.32 Å². The number of aromatic carboxylic acids is 1. The summed E-state index contributed by atoms with van der Waals surface area (Å²) in [6, 6.07) is 1.32. The minimum atomic E-state index is -1.09. The molecule has 0 amide bonds. The third-order valence-electron chi connectivity index (χ3n) is 3.05. The van der Waals surface area contributed by atoms with Gasteiger partial charge in [0.25, 0.3) is 0 Å². The largest absolute Gasteiger partial charge is 0.478 e. The fourth-order valence-electron chi connectivity index (χ4n) is 1.10. The lowest BCUT2D eigenvalue weighted by molar-refractivity contribution is 0.0238. The van der Waals surface area contributed by atoms with Gasteiger partial charge in [0.2, 0.25) is 0 Å². The van der Waals surface area contributed by atoms with Crippen molar-refractivity contribution in [3.05, 3.63) is 22.8 Å². The Kier molecular flexibility index (Phi) is 3.88. The number of rotatable bonds is 4. The zero-order valence-electron chi connectivity index (χ0n) is 10.8. The predicted molar refractivity (Wildman–Crippen MR) is 70.2 cm³/mol. The van der Waals surface area contributed by atoms with E-state index in [9.17, 15) is 9.90 Å². The molecule has 0 aliphatic rings. The van der Waals surface area contributed by atoms with Gasteiger partial charge in [0, 0.05) is 6.20 Å². The molecule has 0 saturated carbocycles. The van der Waals surface area contributed by atoms with Gasteiger partial charge >= 0.3 is 5.97 Å². The summed E-state index contributed by atoms with van der Waals surface area (Å²) >= 11 is 5.96. The molecule has 1 aromatic rings. The second kappa shape index (κ2) is 4.74. The Morgan fingerprint density at radius 1 is 1.39 bits per heavy atom. The zero-order valence-corrected chi connectivity index (χ0v) is 11.5. The normalized spacial score (nSPS) is 12.3. The fourth-order valence-corrected chi connectivity index (χ4v) is 1.31. The van der Waals surface area contributed by atoms with Crippen molar-refractivity contribution in [3.63, 3.8) is 0 Å². The van der Waals surface area contributed by atoms with E-state index in [1.165, 1.54) is 12.3 Å². The van der Waals surface area contributed by atoms with Crippen LogP contribution in [0.5, 0.6) is 0 Å². The van der Waals surface area contributed by atoms with Gasteiger partial charge in [-0.2, -0.15) is 0 Å². The number of halogens is 1. The molecule has 0 aliphatic heterocycles. The van der Waals surface area contributed by atoms with Gasteiger partial charge < -0.3 is 15.5 Å². The summed E-state index contributed by atoms with van der Waals surface area (Å²) < 4.78 is 0. The van der Waals surface area contributed by atoms with Gasteiger partial charge in [-0.3, -0.25) is 0 Å². The number of aromatic nitrogens is 1. The number of hydrogen-bond acceptors (Lipinski definition) is 4. The molecule has 1 rings (SSSR count). The Morgan fingerprint density at radius 2 is 1.94 bits per heavy atom. The van der Waals surface area contributed by atoms with Crippen LogP contribution in [0, 0.1) is 0 Å². The topological polar surface area (TPSA) is 82.5 Å². The first-order valence-corrected chi connectivity index (χ1v) is 5.82. The molecule has 5 nitrogen and oxygen atoms in total. The van der Waals surface area contributed by atoms with Crippen LogP contribution in [0.3, 0.4) is 0 Å². The molecule has 18 heavy (non-hydrogen) atoms. The van der Waals surface area contributed by atoms with Crippen molar-refractivity contribution in [3.8, 4) is 0 Å². The number of nitrogens with one attached hydrogen (secondary N) is 1. The molecule has 0 aliphatic carbocycles. The zero-order chi connectivity index (χ0) is 14.1. The second-order valence-electron chi connectivity index (χ2n) is 5.17. The van der Waals surface area contributed by atoms with E-state index in [0.717, 1.165) is 0 Å². The highest BCUT2D eigenvalue weighted by Crippen LogP contribution is 2.29. The van der Waals surface area contributed by atoms with E-state index in [0.29, 0.717) is 5.82 Å². The number of carboxylic acids is 1. The third kappa shape index (κ3) is 3.11. The van der Waals surface area contributed by atoms with E-state index < -0.39 is 17.1 Å². The van der Waals surface area contributed by atoms with Crippen molar-refractivity contribution in [2.45, 2.75) is 38.8 Å². The number of hydrogen-bond donors (Lipinski definition) is 3. The van der Waals surface area contributed by atoms with E-state index in [2.05, 4.69) is 10.3 Å². The van der Waals surface area contributed by atoms with Crippen LogP contribution >= 0.6 is 11.6 Å². The van der Waals surface area contributed by atoms with Gasteiger partial charge in [0.05, 0.1) is 21.7 Å². The summed E-state index contributed by atoms with van der Waals surface area (Å²) in [5.74, 6) is -0.744. The average Bonchev–Trinajstić information content (AvgIpc) is 2.18. The van der Waals surface area contributed by atoms with Crippen LogP contribution in [-0.2, 0) is 0 Å². The van der Waals surface area contributed by atoms with Crippen LogP contribution in [0.25, 0.3) is 0 Å². The van der Waals surface area contributed by atoms with Crippen molar-refractivity contribution in [1.29, 1.82) is 0 Å². The van der Waals surface area contributed by atoms with Crippen molar-refractivity contribution in [2.24, 2.45) is 0 Å². The van der Waals surface area contributed by atoms with Gasteiger partial charge in [-0.1, -0.05) is 11.6 Å². The van der Waals surface area contributed by atoms with E-state index >= 15 is 0 Å². The molecular weight excluding hydrogens is 256 g/mol. The summed E-state index contributed by atoms with van der Waals surface area (Å²) in [7, 11) is 0. The smallest absolute Gasteiger partial charge is 0.337 e. The van der Waals surface area contributed by atoms with Crippen molar-refractivity contribution >= 4 is 23.4 Å². The molecule has 0 spiro atoms. The number of aliphatic hydroxyl groups is 1. The Hall–Kier alpha value is -1.33. The Bertz CT molecular complexity index is 467. The molecule has 0 atom stereocenters. The van der Waals surface area contributed by atoms with E-state index in [1.54, 1.807) is 27.7 Å². The molecule has 1 aromatic heterocycles. The first-order chi connectivity index (χ1) is 8.04. The maximum atomic E-state index is 10.7. The molecule has 0 aromatic carbocycles. The number of carbonyl (C=O) groups is 1. The maximum absolute atomic E-state index is 10.7. The molecule has 1 heterocycles. The monoisotopic (exact) mass is 272 g/mol. The lowest BCUT2D eigenvalue weighted by Gasteiger charge is -2.38. The molecule has 0 saturated heterocycles. The van der Waals surface area contributed by atoms with Crippen LogP contribution in [0.4, 0.5) is 5.82 Å². The van der Waals surface area contributed by atoms with E-state index in [1.807, 2.05) is 0 Å². The van der Waals surface area contributed by atoms with Crippen LogP contribution in [0.15, 0.2) is 12.3 Å². The quantitative estimate of drug-likeness (QED) is 0.784. The maximum Gasteiger partial charge on any atom is 0.337 e. The number of carboxylic acid groups (broad SMARTS) is 1. The number of anilines is 1. The van der Waals surface area contributed by atoms with E-state index in [-0.39, 0.29) is 10.6 Å². The van der Waals surface area contributed by atoms with Crippen LogP contribution in [0.2, 0.25) is 5.02 Å². The minimum absolute atomic E-state index is 0.0200. The SMILES string of the molecule is CC(C)(O)C(C)(C)Nc1ncc(C(=O)O)cc1Cl. The lowest BCUT2D eigenvalue weighted by Crippen LogP contribution is -2.51. The average molecular weight is 273 g/mol. The van der Waals surface area contributed by atoms with Crippen molar-refractivity contribution in [1.82, 2.24) is 4.98 Å². The standard InChI is InChI=1S/C12H17ClN2O3/c1-11(2,12(3,4)18)15-9-8(13)5-7(6-14-9)10(16)17/h5-6,18H,1-4H3,(H,14,15)(H,16,17). The molecule has 0 bridgehead atoms. The Morgan fingerprint density at radius 3 is 2.33 bits per heavy atom. The highest BCUT2D eigenvalue weighted by atomic mass is 35.5. The summed E-state index contributed by atoms with van der Waals surface area (Å²) in [6.07, 6.45) is 1.22. The highest BCUT2D eigenvalue weighted by molar-refractivity contribution is 6.33. The molecule has 3 N–H and O–H groups in total. The Labute approximate surface area is 111 Å². The fraction of sp³-hybridized carbons (Fsp3) is 0.500. The molecule has 100 valence electrons. The molecule has 0 radical (unpaired) electrons. The highest BCUT2D eigenvalue weighted by Gasteiger charge is 2.35. The van der Waals surface area contributed by atoms with Gasteiger partial charge in [-0.05, 0) is 33.8 Å². The summed E-state index contributed by atoms with van der Waals surface area (Å²) in [4.78, 5) is 14.7. The molecular formula is C12H17ClN2O3. The first kappa shape index (κ1) is 14.7. The van der Waals surface area contributed by atoms with Crippen molar-refractivity contribution < 1.29 is 15.0 Å². The van der Waals surface area contributed by atoms with Gasteiger partial charge in [0.1, 0.15) is 5.82 Å². The van der Waals surface area contributed by atoms with Crippen molar-refractivity contribution in [2.75, 3.05) is 5.32 Å². The summed E-state index contributed by atoms with van der Waals surface area (Å²) in [6.45, 7) is 6.94. The lowest BCUT2D eigenvalue weighted by atomic mass is 9.86. The Balaban J connectivity index is 3.03. The summed E-state index contributed by atoms with van der Waals surface area (Å²) in [5.41, 5.74) is -1.65. The number of pyridine rings is 1. The third-order valence-corrected chi connectivity index (χ3v) is 3.34. The van der Waals surface area contributed by atoms with Gasteiger partial charge in [0.15, 0.2) is 0 Å². The van der Waals surface area contributed by atoms with E-state index in [4.69, 9.17) is 16.7 Å². The first-order valence-electron chi connectivity index (χ1n) is 5.44. The predicted octanol–water partition coefficient (Wildman–Crippen LogP) is 2.39. The molecule has 6 heteroatoms. The summed E-state index contributed by atoms with van der Waals surface area (Å²) in [5, 5.41) is 22.0. The molecule has 0 fully saturated rings.